The Hall–Kier alpha value is -0.0800. The van der Waals surface area contributed by atoms with E-state index in [1.165, 1.54) is 0 Å². The quantitative estimate of drug-likeness (QED) is 0.438. The van der Waals surface area contributed by atoms with Gasteiger partial charge in [0.15, 0.2) is 6.17 Å². The van der Waals surface area contributed by atoms with E-state index in [1.807, 2.05) is 0 Å². The number of hydrogen-bond donors (Lipinski definition) is 4. The van der Waals surface area contributed by atoms with Gasteiger partial charge in [-0.3, -0.25) is 4.52 Å². The largest absolute Gasteiger partial charge is 0.472 e. The third-order valence-corrected chi connectivity index (χ3v) is 2.18. The molecule has 0 aromatic carbocycles. The van der Waals surface area contributed by atoms with Gasteiger partial charge in [-0.05, 0) is 0 Å². The minimum atomic E-state index is -4.87. The molecular weight excluding hydrogens is 222 g/mol. The number of phosphoric acid groups is 1. The summed E-state index contributed by atoms with van der Waals surface area (Å²) in [6, 6.07) is 0. The van der Waals surface area contributed by atoms with Crippen molar-refractivity contribution in [3.8, 4) is 0 Å². The molecule has 1 rings (SSSR count). The highest BCUT2D eigenvalue weighted by atomic mass is 31.2. The highest BCUT2D eigenvalue weighted by Crippen LogP contribution is 2.41. The van der Waals surface area contributed by atoms with Crippen LogP contribution >= 0.6 is 7.82 Å². The van der Waals surface area contributed by atoms with Crippen LogP contribution in [0.3, 0.4) is 0 Å². The molecule has 9 heteroatoms. The zero-order valence-corrected chi connectivity index (χ0v) is 7.75. The Bertz CT molecular complexity index is 242. The summed E-state index contributed by atoms with van der Waals surface area (Å²) >= 11 is 0. The minimum Gasteiger partial charge on any atom is -0.394 e. The van der Waals surface area contributed by atoms with Gasteiger partial charge < -0.3 is 24.7 Å². The summed E-state index contributed by atoms with van der Waals surface area (Å²) in [4.78, 5) is 16.7. The van der Waals surface area contributed by atoms with Crippen molar-refractivity contribution in [2.75, 3.05) is 6.61 Å². The second-order valence-corrected chi connectivity index (χ2v) is 3.95. The summed E-state index contributed by atoms with van der Waals surface area (Å²) < 4.78 is 31.7. The lowest BCUT2D eigenvalue weighted by Gasteiger charge is -2.13. The van der Waals surface area contributed by atoms with Gasteiger partial charge in [0, 0.05) is 0 Å². The highest BCUT2D eigenvalue weighted by Gasteiger charge is 2.47. The zero-order chi connectivity index (χ0) is 10.9. The van der Waals surface area contributed by atoms with Crippen molar-refractivity contribution >= 4 is 7.82 Å². The van der Waals surface area contributed by atoms with Crippen molar-refractivity contribution in [1.29, 1.82) is 0 Å². The van der Waals surface area contributed by atoms with Crippen LogP contribution in [0, 0.1) is 0 Å². The Morgan fingerprint density at radius 1 is 1.50 bits per heavy atom. The summed E-state index contributed by atoms with van der Waals surface area (Å²) in [7, 11) is -4.87. The van der Waals surface area contributed by atoms with Crippen LogP contribution in [0.4, 0.5) is 4.39 Å². The van der Waals surface area contributed by atoms with Crippen LogP contribution in [0.5, 0.6) is 0 Å². The molecule has 84 valence electrons. The van der Waals surface area contributed by atoms with E-state index in [4.69, 9.17) is 20.0 Å². The van der Waals surface area contributed by atoms with E-state index < -0.39 is 39.1 Å². The highest BCUT2D eigenvalue weighted by molar-refractivity contribution is 7.46. The van der Waals surface area contributed by atoms with Crippen molar-refractivity contribution in [3.63, 3.8) is 0 Å². The maximum atomic E-state index is 13.0. The lowest BCUT2D eigenvalue weighted by atomic mass is 10.2. The molecule has 0 bridgehead atoms. The number of phosphoric ester groups is 1. The molecule has 1 heterocycles. The molecule has 0 saturated carbocycles. The van der Waals surface area contributed by atoms with Crippen LogP contribution in [0.1, 0.15) is 0 Å². The Morgan fingerprint density at radius 2 is 2.07 bits per heavy atom. The van der Waals surface area contributed by atoms with Crippen molar-refractivity contribution in [3.05, 3.63) is 0 Å². The number of aliphatic hydroxyl groups excluding tert-OH is 2. The van der Waals surface area contributed by atoms with E-state index in [0.29, 0.717) is 0 Å². The van der Waals surface area contributed by atoms with E-state index in [9.17, 15) is 8.96 Å². The van der Waals surface area contributed by atoms with Crippen LogP contribution in [0.25, 0.3) is 0 Å². The smallest absolute Gasteiger partial charge is 0.394 e. The van der Waals surface area contributed by atoms with E-state index >= 15 is 0 Å². The SMILES string of the molecule is O=P(O)(O)O[C@@H]1O[C@H](CO)[C@@H](O)[C@H]1F. The third kappa shape index (κ3) is 2.71. The number of alkyl halides is 1. The molecule has 4 atom stereocenters. The molecule has 1 aliphatic rings. The molecule has 0 aromatic heterocycles. The van der Waals surface area contributed by atoms with Gasteiger partial charge in [-0.15, -0.1) is 0 Å². The number of hydrogen-bond acceptors (Lipinski definition) is 5. The van der Waals surface area contributed by atoms with Crippen molar-refractivity contribution in [2.24, 2.45) is 0 Å². The molecule has 1 saturated heterocycles. The number of halogens is 1. The lowest BCUT2D eigenvalue weighted by Crippen LogP contribution is -2.31. The molecule has 7 nitrogen and oxygen atoms in total. The second-order valence-electron chi connectivity index (χ2n) is 2.76. The molecule has 0 radical (unpaired) electrons. The van der Waals surface area contributed by atoms with Crippen LogP contribution in [0.15, 0.2) is 0 Å². The molecule has 1 fully saturated rings. The van der Waals surface area contributed by atoms with Gasteiger partial charge in [0.05, 0.1) is 6.61 Å². The molecule has 4 N–H and O–H groups in total. The van der Waals surface area contributed by atoms with Gasteiger partial charge >= 0.3 is 7.82 Å². The van der Waals surface area contributed by atoms with Crippen LogP contribution in [0.2, 0.25) is 0 Å². The number of ether oxygens (including phenoxy) is 1. The average Bonchev–Trinajstić information content (AvgIpc) is 2.30. The Kier molecular flexibility index (Phi) is 3.59. The van der Waals surface area contributed by atoms with Crippen molar-refractivity contribution in [2.45, 2.75) is 24.7 Å². The number of aliphatic hydroxyl groups is 2. The van der Waals surface area contributed by atoms with E-state index in [-0.39, 0.29) is 0 Å². The first-order chi connectivity index (χ1) is 6.35. The Balaban J connectivity index is 2.61. The summed E-state index contributed by atoms with van der Waals surface area (Å²) in [6.07, 6.45) is -6.85. The zero-order valence-electron chi connectivity index (χ0n) is 6.86. The van der Waals surface area contributed by atoms with E-state index in [0.717, 1.165) is 0 Å². The fourth-order valence-corrected chi connectivity index (χ4v) is 1.50. The molecule has 0 aromatic rings. The summed E-state index contributed by atoms with van der Waals surface area (Å²) in [5, 5.41) is 17.6. The minimum absolute atomic E-state index is 0.664. The van der Waals surface area contributed by atoms with Gasteiger partial charge in [-0.1, -0.05) is 0 Å². The maximum absolute atomic E-state index is 13.0. The lowest BCUT2D eigenvalue weighted by molar-refractivity contribution is -0.114. The predicted molar refractivity (Wildman–Crippen MR) is 39.8 cm³/mol. The maximum Gasteiger partial charge on any atom is 0.472 e. The van der Waals surface area contributed by atoms with Crippen molar-refractivity contribution < 1.29 is 38.2 Å². The monoisotopic (exact) mass is 232 g/mol. The number of rotatable bonds is 3. The molecular formula is C5H10FO7P. The fraction of sp³-hybridized carbons (Fsp3) is 1.00. The van der Waals surface area contributed by atoms with Gasteiger partial charge in [-0.25, -0.2) is 8.96 Å². The second kappa shape index (κ2) is 4.19. The Labute approximate surface area is 78.3 Å². The topological polar surface area (TPSA) is 116 Å². The first-order valence-corrected chi connectivity index (χ1v) is 5.20. The van der Waals surface area contributed by atoms with Gasteiger partial charge in [0.2, 0.25) is 6.29 Å². The standard InChI is InChI=1S/C5H10FO7P/c6-3-4(8)2(1-7)12-5(3)13-14(9,10)11/h2-5,7-8H,1H2,(H2,9,10,11)/t2-,3-,4-,5+/m1/s1. The Morgan fingerprint density at radius 3 is 2.43 bits per heavy atom. The molecule has 0 spiro atoms. The fourth-order valence-electron chi connectivity index (χ4n) is 1.06. The average molecular weight is 232 g/mol. The summed E-state index contributed by atoms with van der Waals surface area (Å²) in [5.41, 5.74) is 0. The van der Waals surface area contributed by atoms with Crippen LogP contribution in [-0.4, -0.2) is 51.3 Å². The molecule has 14 heavy (non-hydrogen) atoms. The van der Waals surface area contributed by atoms with E-state index in [2.05, 4.69) is 9.26 Å². The molecule has 0 unspecified atom stereocenters. The molecule has 0 aliphatic carbocycles. The van der Waals surface area contributed by atoms with Crippen LogP contribution in [-0.2, 0) is 13.8 Å². The van der Waals surface area contributed by atoms with Crippen molar-refractivity contribution in [1.82, 2.24) is 0 Å². The molecule has 1 aliphatic heterocycles. The first kappa shape index (κ1) is 12.0. The van der Waals surface area contributed by atoms with Gasteiger partial charge in [0.25, 0.3) is 0 Å². The van der Waals surface area contributed by atoms with Gasteiger partial charge in [0.1, 0.15) is 12.2 Å². The first-order valence-electron chi connectivity index (χ1n) is 3.67. The summed E-state index contributed by atoms with van der Waals surface area (Å²) in [5.74, 6) is 0. The normalized spacial score (nSPS) is 38.9. The summed E-state index contributed by atoms with van der Waals surface area (Å²) in [6.45, 7) is -0.664. The van der Waals surface area contributed by atoms with Crippen LogP contribution < -0.4 is 0 Å². The predicted octanol–water partition coefficient (Wildman–Crippen LogP) is -1.49. The van der Waals surface area contributed by atoms with Gasteiger partial charge in [-0.2, -0.15) is 0 Å². The third-order valence-electron chi connectivity index (χ3n) is 1.70. The molecule has 0 amide bonds. The van der Waals surface area contributed by atoms with E-state index in [1.54, 1.807) is 0 Å².